The molecule has 0 amide bonds. The van der Waals surface area contributed by atoms with Crippen LogP contribution in [0.5, 0.6) is 0 Å². The predicted octanol–water partition coefficient (Wildman–Crippen LogP) is 2.65. The summed E-state index contributed by atoms with van der Waals surface area (Å²) in [5.74, 6) is -1.44. The van der Waals surface area contributed by atoms with Gasteiger partial charge in [-0.05, 0) is 25.0 Å². The van der Waals surface area contributed by atoms with E-state index in [0.717, 1.165) is 0 Å². The Bertz CT molecular complexity index is 388. The summed E-state index contributed by atoms with van der Waals surface area (Å²) in [6.07, 6.45) is 1.31. The van der Waals surface area contributed by atoms with Crippen molar-refractivity contribution in [3.8, 4) is 0 Å². The van der Waals surface area contributed by atoms with Gasteiger partial charge in [-0.1, -0.05) is 12.1 Å². The Morgan fingerprint density at radius 2 is 1.88 bits per heavy atom. The van der Waals surface area contributed by atoms with Crippen LogP contribution in [0, 0.1) is 5.82 Å². The molecule has 1 aromatic carbocycles. The van der Waals surface area contributed by atoms with E-state index in [9.17, 15) is 14.0 Å². The molecule has 0 aliphatic rings. The van der Waals surface area contributed by atoms with Gasteiger partial charge in [0.05, 0.1) is 0 Å². The second-order valence-corrected chi connectivity index (χ2v) is 3.53. The molecular formula is C12H13FO3. The lowest BCUT2D eigenvalue weighted by Crippen LogP contribution is -2.00. The van der Waals surface area contributed by atoms with Crippen molar-refractivity contribution in [3.63, 3.8) is 0 Å². The third-order valence-corrected chi connectivity index (χ3v) is 2.19. The average Bonchev–Trinajstić information content (AvgIpc) is 2.24. The summed E-state index contributed by atoms with van der Waals surface area (Å²) in [6.45, 7) is 0. The number of carbonyl (C=O) groups excluding carboxylic acids is 1. The molecule has 3 nitrogen and oxygen atoms in total. The maximum atomic E-state index is 12.8. The molecule has 0 spiro atoms. The number of rotatable bonds is 6. The molecule has 0 heterocycles. The van der Waals surface area contributed by atoms with Gasteiger partial charge in [-0.3, -0.25) is 9.59 Å². The van der Waals surface area contributed by atoms with Crippen molar-refractivity contribution in [1.29, 1.82) is 0 Å². The minimum atomic E-state index is -0.863. The fraction of sp³-hybridized carbons (Fsp3) is 0.333. The Morgan fingerprint density at radius 1 is 1.19 bits per heavy atom. The number of benzene rings is 1. The van der Waals surface area contributed by atoms with E-state index >= 15 is 0 Å². The highest BCUT2D eigenvalue weighted by Gasteiger charge is 2.06. The van der Waals surface area contributed by atoms with Crippen molar-refractivity contribution in [1.82, 2.24) is 0 Å². The molecule has 1 rings (SSSR count). The highest BCUT2D eigenvalue weighted by atomic mass is 19.1. The van der Waals surface area contributed by atoms with Gasteiger partial charge in [0, 0.05) is 18.4 Å². The summed E-state index contributed by atoms with van der Waals surface area (Å²) in [5, 5.41) is 8.40. The van der Waals surface area contributed by atoms with E-state index in [1.807, 2.05) is 0 Å². The number of carbonyl (C=O) groups is 2. The summed E-state index contributed by atoms with van der Waals surface area (Å²) in [5.41, 5.74) is 0.343. The first-order chi connectivity index (χ1) is 7.59. The van der Waals surface area contributed by atoms with Crippen LogP contribution in [0.4, 0.5) is 4.39 Å². The number of aliphatic carboxylic acids is 1. The van der Waals surface area contributed by atoms with Crippen LogP contribution in [0.25, 0.3) is 0 Å². The van der Waals surface area contributed by atoms with Crippen molar-refractivity contribution in [2.45, 2.75) is 25.7 Å². The summed E-state index contributed by atoms with van der Waals surface area (Å²) >= 11 is 0. The van der Waals surface area contributed by atoms with Crippen LogP contribution in [0.3, 0.4) is 0 Å². The third kappa shape index (κ3) is 4.21. The maximum Gasteiger partial charge on any atom is 0.303 e. The zero-order valence-corrected chi connectivity index (χ0v) is 8.78. The number of halogens is 1. The van der Waals surface area contributed by atoms with E-state index in [0.29, 0.717) is 18.4 Å². The minimum Gasteiger partial charge on any atom is -0.481 e. The maximum absolute atomic E-state index is 12.8. The molecule has 1 N–H and O–H groups in total. The van der Waals surface area contributed by atoms with Crippen molar-refractivity contribution < 1.29 is 19.1 Å². The second-order valence-electron chi connectivity index (χ2n) is 3.53. The first-order valence-electron chi connectivity index (χ1n) is 5.10. The van der Waals surface area contributed by atoms with Gasteiger partial charge < -0.3 is 5.11 Å². The quantitative estimate of drug-likeness (QED) is 0.597. The SMILES string of the molecule is O=C(O)CCCCC(=O)c1cccc(F)c1. The molecular weight excluding hydrogens is 211 g/mol. The number of unbranched alkanes of at least 4 members (excludes halogenated alkanes) is 1. The first kappa shape index (κ1) is 12.4. The summed E-state index contributed by atoms with van der Waals surface area (Å²) in [7, 11) is 0. The van der Waals surface area contributed by atoms with Gasteiger partial charge in [0.1, 0.15) is 5.82 Å². The number of carboxylic acids is 1. The highest BCUT2D eigenvalue weighted by molar-refractivity contribution is 5.95. The zero-order chi connectivity index (χ0) is 12.0. The standard InChI is InChI=1S/C12H13FO3/c13-10-5-3-4-9(8-10)11(14)6-1-2-7-12(15)16/h3-5,8H,1-2,6-7H2,(H,15,16). The van der Waals surface area contributed by atoms with E-state index in [4.69, 9.17) is 5.11 Å². The molecule has 0 radical (unpaired) electrons. The Balaban J connectivity index is 2.38. The van der Waals surface area contributed by atoms with Gasteiger partial charge in [-0.2, -0.15) is 0 Å². The van der Waals surface area contributed by atoms with Gasteiger partial charge in [0.2, 0.25) is 0 Å². The lowest BCUT2D eigenvalue weighted by atomic mass is 10.0. The van der Waals surface area contributed by atoms with Crippen molar-refractivity contribution in [2.75, 3.05) is 0 Å². The van der Waals surface area contributed by atoms with Gasteiger partial charge in [-0.15, -0.1) is 0 Å². The molecule has 0 aromatic heterocycles. The van der Waals surface area contributed by atoms with Gasteiger partial charge >= 0.3 is 5.97 Å². The molecule has 0 aliphatic carbocycles. The Morgan fingerprint density at radius 3 is 2.50 bits per heavy atom. The number of carboxylic acid groups (broad SMARTS) is 1. The lowest BCUT2D eigenvalue weighted by molar-refractivity contribution is -0.137. The third-order valence-electron chi connectivity index (χ3n) is 2.19. The molecule has 0 bridgehead atoms. The van der Waals surface area contributed by atoms with Crippen LogP contribution in [0.15, 0.2) is 24.3 Å². The smallest absolute Gasteiger partial charge is 0.303 e. The van der Waals surface area contributed by atoms with Gasteiger partial charge in [0.15, 0.2) is 5.78 Å². The molecule has 16 heavy (non-hydrogen) atoms. The number of Topliss-reactive ketones (excluding diaryl/α,β-unsaturated/α-hetero) is 1. The highest BCUT2D eigenvalue weighted by Crippen LogP contribution is 2.09. The van der Waals surface area contributed by atoms with Crippen LogP contribution < -0.4 is 0 Å². The Kier molecular flexibility index (Phi) is 4.64. The van der Waals surface area contributed by atoms with Crippen LogP contribution in [0.1, 0.15) is 36.0 Å². The van der Waals surface area contributed by atoms with Crippen molar-refractivity contribution >= 4 is 11.8 Å². The first-order valence-corrected chi connectivity index (χ1v) is 5.10. The van der Waals surface area contributed by atoms with E-state index in [2.05, 4.69) is 0 Å². The van der Waals surface area contributed by atoms with E-state index in [1.54, 1.807) is 6.07 Å². The van der Waals surface area contributed by atoms with Gasteiger partial charge in [-0.25, -0.2) is 4.39 Å². The molecule has 0 atom stereocenters. The van der Waals surface area contributed by atoms with Crippen molar-refractivity contribution in [2.24, 2.45) is 0 Å². The van der Waals surface area contributed by atoms with Crippen LogP contribution in [-0.2, 0) is 4.79 Å². The molecule has 86 valence electrons. The van der Waals surface area contributed by atoms with E-state index in [-0.39, 0.29) is 18.6 Å². The Labute approximate surface area is 92.9 Å². The summed E-state index contributed by atoms with van der Waals surface area (Å²) < 4.78 is 12.8. The largest absolute Gasteiger partial charge is 0.481 e. The fourth-order valence-electron chi connectivity index (χ4n) is 1.37. The summed E-state index contributed by atoms with van der Waals surface area (Å²) in [6, 6.07) is 5.52. The van der Waals surface area contributed by atoms with E-state index < -0.39 is 11.8 Å². The van der Waals surface area contributed by atoms with Gasteiger partial charge in [0.25, 0.3) is 0 Å². The molecule has 0 saturated carbocycles. The van der Waals surface area contributed by atoms with Crippen LogP contribution in [0.2, 0.25) is 0 Å². The topological polar surface area (TPSA) is 54.4 Å². The molecule has 0 aliphatic heterocycles. The zero-order valence-electron chi connectivity index (χ0n) is 8.78. The molecule has 0 saturated heterocycles. The van der Waals surface area contributed by atoms with Crippen molar-refractivity contribution in [3.05, 3.63) is 35.6 Å². The number of hydrogen-bond donors (Lipinski definition) is 1. The molecule has 1 aromatic rings. The fourth-order valence-corrected chi connectivity index (χ4v) is 1.37. The molecule has 4 heteroatoms. The van der Waals surface area contributed by atoms with E-state index in [1.165, 1.54) is 18.2 Å². The number of ketones is 1. The summed E-state index contributed by atoms with van der Waals surface area (Å²) in [4.78, 5) is 21.8. The second kappa shape index (κ2) is 6.00. The monoisotopic (exact) mass is 224 g/mol. The van der Waals surface area contributed by atoms with Crippen LogP contribution in [-0.4, -0.2) is 16.9 Å². The Hall–Kier alpha value is -1.71. The molecule has 0 fully saturated rings. The normalized spacial score (nSPS) is 10.1. The van der Waals surface area contributed by atoms with Crippen LogP contribution >= 0.6 is 0 Å². The predicted molar refractivity (Wildman–Crippen MR) is 56.8 cm³/mol. The molecule has 0 unspecified atom stereocenters. The average molecular weight is 224 g/mol. The number of hydrogen-bond acceptors (Lipinski definition) is 2. The lowest BCUT2D eigenvalue weighted by Gasteiger charge is -2.00. The minimum absolute atomic E-state index is 0.0659.